The molecule has 4 heteroatoms. The molecule has 1 heterocycles. The zero-order valence-corrected chi connectivity index (χ0v) is 16.3. The smallest absolute Gasteiger partial charge is 0.168 e. The highest BCUT2D eigenvalue weighted by atomic mass is 16.5. The third-order valence-electron chi connectivity index (χ3n) is 5.46. The van der Waals surface area contributed by atoms with Gasteiger partial charge in [-0.25, -0.2) is 4.98 Å². The summed E-state index contributed by atoms with van der Waals surface area (Å²) in [6.45, 7) is 7.59. The summed E-state index contributed by atoms with van der Waals surface area (Å²) in [5.74, 6) is 2.27. The number of ketones is 1. The van der Waals surface area contributed by atoms with Crippen LogP contribution >= 0.6 is 0 Å². The molecule has 1 aliphatic carbocycles. The second-order valence-electron chi connectivity index (χ2n) is 7.03. The Labute approximate surface area is 156 Å². The minimum Gasteiger partial charge on any atom is -0.494 e. The SMILES string of the molecule is CCOc1ccc(C(=O)C(CC)Cn2ccnc2CC)c2c1CCCC2. The van der Waals surface area contributed by atoms with Crippen LogP contribution in [0.3, 0.4) is 0 Å². The zero-order chi connectivity index (χ0) is 18.5. The van der Waals surface area contributed by atoms with Crippen molar-refractivity contribution < 1.29 is 9.53 Å². The van der Waals surface area contributed by atoms with Gasteiger partial charge in [-0.3, -0.25) is 4.79 Å². The van der Waals surface area contributed by atoms with Crippen molar-refractivity contribution in [1.29, 1.82) is 0 Å². The van der Waals surface area contributed by atoms with Crippen molar-refractivity contribution in [1.82, 2.24) is 9.55 Å². The van der Waals surface area contributed by atoms with Crippen molar-refractivity contribution in [2.45, 2.75) is 65.8 Å². The van der Waals surface area contributed by atoms with E-state index < -0.39 is 0 Å². The quantitative estimate of drug-likeness (QED) is 0.649. The van der Waals surface area contributed by atoms with E-state index >= 15 is 0 Å². The maximum absolute atomic E-state index is 13.4. The van der Waals surface area contributed by atoms with Crippen molar-refractivity contribution in [2.75, 3.05) is 6.61 Å². The summed E-state index contributed by atoms with van der Waals surface area (Å²) >= 11 is 0. The van der Waals surface area contributed by atoms with E-state index in [1.807, 2.05) is 31.5 Å². The fraction of sp³-hybridized carbons (Fsp3) is 0.545. The predicted molar refractivity (Wildman–Crippen MR) is 104 cm³/mol. The Balaban J connectivity index is 1.90. The molecule has 0 saturated carbocycles. The zero-order valence-electron chi connectivity index (χ0n) is 16.3. The lowest BCUT2D eigenvalue weighted by molar-refractivity contribution is 0.0901. The van der Waals surface area contributed by atoms with Gasteiger partial charge in [-0.15, -0.1) is 0 Å². The first-order valence-corrected chi connectivity index (χ1v) is 10.0. The van der Waals surface area contributed by atoms with Gasteiger partial charge in [-0.05, 0) is 62.3 Å². The molecule has 0 saturated heterocycles. The largest absolute Gasteiger partial charge is 0.494 e. The normalized spacial score (nSPS) is 14.7. The standard InChI is InChI=1S/C22H30N2O2/c1-4-16(15-24-14-13-23-21(24)5-2)22(25)19-11-12-20(26-6-3)18-10-8-7-9-17(18)19/h11-14,16H,4-10,15H2,1-3H3. The lowest BCUT2D eigenvalue weighted by Gasteiger charge is -2.24. The van der Waals surface area contributed by atoms with E-state index in [-0.39, 0.29) is 11.7 Å². The number of benzene rings is 1. The number of Topliss-reactive ketones (excluding diaryl/α,β-unsaturated/α-hetero) is 1. The molecule has 1 aromatic heterocycles. The number of aryl methyl sites for hydroxylation is 1. The number of carbonyl (C=O) groups is 1. The molecule has 1 unspecified atom stereocenters. The molecular formula is C22H30N2O2. The first-order chi connectivity index (χ1) is 12.7. The van der Waals surface area contributed by atoms with E-state index in [2.05, 4.69) is 23.4 Å². The average molecular weight is 354 g/mol. The van der Waals surface area contributed by atoms with Gasteiger partial charge in [0.2, 0.25) is 0 Å². The van der Waals surface area contributed by atoms with Gasteiger partial charge in [0.25, 0.3) is 0 Å². The van der Waals surface area contributed by atoms with Crippen LogP contribution < -0.4 is 4.74 Å². The van der Waals surface area contributed by atoms with Crippen molar-refractivity contribution in [3.05, 3.63) is 47.0 Å². The second kappa shape index (κ2) is 8.52. The molecule has 2 aromatic rings. The lowest BCUT2D eigenvalue weighted by atomic mass is 9.83. The van der Waals surface area contributed by atoms with Crippen molar-refractivity contribution in [3.8, 4) is 5.75 Å². The molecule has 0 amide bonds. The summed E-state index contributed by atoms with van der Waals surface area (Å²) in [5.41, 5.74) is 3.40. The fourth-order valence-corrected chi connectivity index (χ4v) is 4.03. The number of rotatable bonds is 8. The van der Waals surface area contributed by atoms with Crippen LogP contribution in [-0.2, 0) is 25.8 Å². The molecule has 1 aliphatic rings. The van der Waals surface area contributed by atoms with Gasteiger partial charge in [-0.1, -0.05) is 13.8 Å². The van der Waals surface area contributed by atoms with Crippen LogP contribution in [0.15, 0.2) is 24.5 Å². The van der Waals surface area contributed by atoms with Crippen molar-refractivity contribution >= 4 is 5.78 Å². The lowest BCUT2D eigenvalue weighted by Crippen LogP contribution is -2.23. The predicted octanol–water partition coefficient (Wildman–Crippen LogP) is 4.63. The molecule has 140 valence electrons. The highest BCUT2D eigenvalue weighted by Gasteiger charge is 2.26. The molecule has 3 rings (SSSR count). The van der Waals surface area contributed by atoms with E-state index in [4.69, 9.17) is 4.74 Å². The van der Waals surface area contributed by atoms with Crippen molar-refractivity contribution in [2.24, 2.45) is 5.92 Å². The van der Waals surface area contributed by atoms with Gasteiger partial charge >= 0.3 is 0 Å². The second-order valence-corrected chi connectivity index (χ2v) is 7.03. The molecule has 0 spiro atoms. The summed E-state index contributed by atoms with van der Waals surface area (Å²) in [7, 11) is 0. The Morgan fingerprint density at radius 2 is 1.96 bits per heavy atom. The molecule has 4 nitrogen and oxygen atoms in total. The number of hydrogen-bond donors (Lipinski definition) is 0. The topological polar surface area (TPSA) is 44.1 Å². The van der Waals surface area contributed by atoms with Crippen molar-refractivity contribution in [3.63, 3.8) is 0 Å². The van der Waals surface area contributed by atoms with Gasteiger partial charge in [0.05, 0.1) is 6.61 Å². The molecule has 26 heavy (non-hydrogen) atoms. The van der Waals surface area contributed by atoms with Gasteiger partial charge < -0.3 is 9.30 Å². The van der Waals surface area contributed by atoms with E-state index in [1.54, 1.807) is 0 Å². The number of nitrogens with zero attached hydrogens (tertiary/aromatic N) is 2. The Morgan fingerprint density at radius 1 is 1.19 bits per heavy atom. The Kier molecular flexibility index (Phi) is 6.12. The molecule has 0 aliphatic heterocycles. The molecule has 0 radical (unpaired) electrons. The monoisotopic (exact) mass is 354 g/mol. The van der Waals surface area contributed by atoms with Gasteiger partial charge in [-0.2, -0.15) is 0 Å². The number of ether oxygens (including phenoxy) is 1. The Bertz CT molecular complexity index is 763. The number of imidazole rings is 1. The van der Waals surface area contributed by atoms with E-state index in [0.29, 0.717) is 13.2 Å². The fourth-order valence-electron chi connectivity index (χ4n) is 4.03. The minimum absolute atomic E-state index is 0.0153. The van der Waals surface area contributed by atoms with E-state index in [1.165, 1.54) is 17.5 Å². The summed E-state index contributed by atoms with van der Waals surface area (Å²) in [4.78, 5) is 17.8. The van der Waals surface area contributed by atoms with Gasteiger partial charge in [0.1, 0.15) is 11.6 Å². The number of aromatic nitrogens is 2. The minimum atomic E-state index is -0.0153. The molecule has 0 fully saturated rings. The molecular weight excluding hydrogens is 324 g/mol. The maximum Gasteiger partial charge on any atom is 0.168 e. The molecule has 0 N–H and O–H groups in total. The molecule has 1 aromatic carbocycles. The summed E-state index contributed by atoms with van der Waals surface area (Å²) in [6, 6.07) is 4.00. The van der Waals surface area contributed by atoms with Crippen LogP contribution in [0.5, 0.6) is 5.75 Å². The number of carbonyl (C=O) groups excluding carboxylic acids is 1. The van der Waals surface area contributed by atoms with E-state index in [0.717, 1.165) is 49.2 Å². The van der Waals surface area contributed by atoms with Crippen LogP contribution in [0.1, 0.15) is 67.3 Å². The highest BCUT2D eigenvalue weighted by molar-refractivity contribution is 5.99. The summed E-state index contributed by atoms with van der Waals surface area (Å²) < 4.78 is 7.95. The van der Waals surface area contributed by atoms with Crippen LogP contribution in [0.4, 0.5) is 0 Å². The first-order valence-electron chi connectivity index (χ1n) is 10.0. The van der Waals surface area contributed by atoms with Crippen LogP contribution in [-0.4, -0.2) is 21.9 Å². The molecule has 1 atom stereocenters. The van der Waals surface area contributed by atoms with Crippen LogP contribution in [0.25, 0.3) is 0 Å². The maximum atomic E-state index is 13.4. The highest BCUT2D eigenvalue weighted by Crippen LogP contribution is 2.34. The van der Waals surface area contributed by atoms with Crippen LogP contribution in [0.2, 0.25) is 0 Å². The summed E-state index contributed by atoms with van der Waals surface area (Å²) in [5, 5.41) is 0. The van der Waals surface area contributed by atoms with E-state index in [9.17, 15) is 4.79 Å². The molecule has 0 bridgehead atoms. The van der Waals surface area contributed by atoms with Gasteiger partial charge in [0.15, 0.2) is 5.78 Å². The van der Waals surface area contributed by atoms with Gasteiger partial charge in [0, 0.05) is 36.8 Å². The van der Waals surface area contributed by atoms with Crippen LogP contribution in [0, 0.1) is 5.92 Å². The first kappa shape index (κ1) is 18.7. The third kappa shape index (κ3) is 3.69. The third-order valence-corrected chi connectivity index (χ3v) is 5.46. The Hall–Kier alpha value is -2.10. The number of fused-ring (bicyclic) bond motifs is 1. The average Bonchev–Trinajstić information content (AvgIpc) is 3.13. The summed E-state index contributed by atoms with van der Waals surface area (Å²) in [6.07, 6.45) is 9.87. The number of hydrogen-bond acceptors (Lipinski definition) is 3. The Morgan fingerprint density at radius 3 is 2.65 bits per heavy atom.